The summed E-state index contributed by atoms with van der Waals surface area (Å²) in [5, 5.41) is 26.4. The highest BCUT2D eigenvalue weighted by molar-refractivity contribution is 6.33. The first-order valence-corrected chi connectivity index (χ1v) is 7.75. The average molecular weight is 357 g/mol. The average Bonchev–Trinajstić information content (AvgIpc) is 3.07. The number of esters is 1. The lowest BCUT2D eigenvalue weighted by Crippen LogP contribution is -2.21. The van der Waals surface area contributed by atoms with Gasteiger partial charge in [0.2, 0.25) is 6.23 Å². The fourth-order valence-corrected chi connectivity index (χ4v) is 2.42. The number of rotatable bonds is 5. The molecule has 0 amide bonds. The maximum Gasteiger partial charge on any atom is 0.395 e. The number of ether oxygens (including phenoxy) is 2. The minimum Gasteiger partial charge on any atom is -0.507 e. The van der Waals surface area contributed by atoms with Crippen LogP contribution in [0.2, 0.25) is 0 Å². The molecule has 9 heteroatoms. The van der Waals surface area contributed by atoms with Crippen LogP contribution in [-0.2, 0) is 14.3 Å². The molecule has 0 aromatic heterocycles. The largest absolute Gasteiger partial charge is 0.507 e. The zero-order valence-electron chi connectivity index (χ0n) is 13.7. The first kappa shape index (κ1) is 17.2. The van der Waals surface area contributed by atoms with Gasteiger partial charge >= 0.3 is 11.9 Å². The Balaban J connectivity index is 1.99. The SMILES string of the molecule is CCOC(=O)C1=NN(c2ccc([N+](=O)[O-])cc2)C(c2ccccc2O)O1. The van der Waals surface area contributed by atoms with E-state index >= 15 is 0 Å². The first-order valence-electron chi connectivity index (χ1n) is 7.75. The molecular formula is C17H15N3O6. The first-order chi connectivity index (χ1) is 12.5. The normalized spacial score (nSPS) is 16.0. The summed E-state index contributed by atoms with van der Waals surface area (Å²) in [5.74, 6) is -1.04. The van der Waals surface area contributed by atoms with Gasteiger partial charge in [0, 0.05) is 12.1 Å². The summed E-state index contributed by atoms with van der Waals surface area (Å²) in [5.41, 5.74) is 0.750. The molecule has 1 unspecified atom stereocenters. The summed E-state index contributed by atoms with van der Waals surface area (Å²) in [4.78, 5) is 22.3. The topological polar surface area (TPSA) is 114 Å². The van der Waals surface area contributed by atoms with Crippen LogP contribution in [0.5, 0.6) is 5.75 Å². The summed E-state index contributed by atoms with van der Waals surface area (Å²) in [7, 11) is 0. The van der Waals surface area contributed by atoms with Crippen molar-refractivity contribution in [3.63, 3.8) is 0 Å². The molecule has 1 atom stereocenters. The number of para-hydroxylation sites is 1. The van der Waals surface area contributed by atoms with E-state index < -0.39 is 17.1 Å². The van der Waals surface area contributed by atoms with Crippen LogP contribution in [0.3, 0.4) is 0 Å². The highest BCUT2D eigenvalue weighted by Gasteiger charge is 2.36. The van der Waals surface area contributed by atoms with Gasteiger partial charge in [-0.25, -0.2) is 9.80 Å². The van der Waals surface area contributed by atoms with Crippen molar-refractivity contribution < 1.29 is 24.3 Å². The van der Waals surface area contributed by atoms with Crippen LogP contribution in [-0.4, -0.2) is 28.5 Å². The second-order valence-electron chi connectivity index (χ2n) is 5.27. The van der Waals surface area contributed by atoms with Crippen LogP contribution in [0, 0.1) is 10.1 Å². The van der Waals surface area contributed by atoms with E-state index in [1.54, 1.807) is 25.1 Å². The van der Waals surface area contributed by atoms with Gasteiger partial charge in [-0.15, -0.1) is 5.10 Å². The Hall–Kier alpha value is -3.62. The number of aromatic hydroxyl groups is 1. The maximum absolute atomic E-state index is 12.0. The molecule has 134 valence electrons. The molecule has 26 heavy (non-hydrogen) atoms. The number of non-ortho nitro benzene ring substituents is 1. The summed E-state index contributed by atoms with van der Waals surface area (Å²) in [6, 6.07) is 12.0. The van der Waals surface area contributed by atoms with E-state index in [-0.39, 0.29) is 23.9 Å². The molecule has 0 saturated heterocycles. The van der Waals surface area contributed by atoms with Gasteiger partial charge in [-0.3, -0.25) is 10.1 Å². The van der Waals surface area contributed by atoms with Crippen molar-refractivity contribution in [1.82, 2.24) is 0 Å². The van der Waals surface area contributed by atoms with Gasteiger partial charge in [0.1, 0.15) is 5.75 Å². The van der Waals surface area contributed by atoms with E-state index in [0.717, 1.165) is 0 Å². The Morgan fingerprint density at radius 3 is 2.62 bits per heavy atom. The fraction of sp³-hybridized carbons (Fsp3) is 0.176. The molecule has 1 aliphatic heterocycles. The molecule has 9 nitrogen and oxygen atoms in total. The Labute approximate surface area is 148 Å². The number of phenols is 1. The van der Waals surface area contributed by atoms with Gasteiger partial charge in [0.15, 0.2) is 0 Å². The third-order valence-corrected chi connectivity index (χ3v) is 3.62. The van der Waals surface area contributed by atoms with E-state index in [1.165, 1.54) is 35.3 Å². The minimum atomic E-state index is -0.919. The fourth-order valence-electron chi connectivity index (χ4n) is 2.42. The van der Waals surface area contributed by atoms with Crippen molar-refractivity contribution in [2.45, 2.75) is 13.2 Å². The van der Waals surface area contributed by atoms with Crippen LogP contribution < -0.4 is 5.01 Å². The lowest BCUT2D eigenvalue weighted by atomic mass is 10.1. The van der Waals surface area contributed by atoms with E-state index in [2.05, 4.69) is 5.10 Å². The molecule has 2 aromatic carbocycles. The summed E-state index contributed by atoms with van der Waals surface area (Å²) in [6.07, 6.45) is -0.919. The van der Waals surface area contributed by atoms with Crippen molar-refractivity contribution >= 4 is 23.2 Å². The maximum atomic E-state index is 12.0. The van der Waals surface area contributed by atoms with Gasteiger partial charge in [0.25, 0.3) is 5.69 Å². The molecule has 0 fully saturated rings. The Kier molecular flexibility index (Phi) is 4.70. The van der Waals surface area contributed by atoms with Crippen molar-refractivity contribution in [1.29, 1.82) is 0 Å². The van der Waals surface area contributed by atoms with Crippen LogP contribution >= 0.6 is 0 Å². The van der Waals surface area contributed by atoms with E-state index in [0.29, 0.717) is 11.3 Å². The lowest BCUT2D eigenvalue weighted by molar-refractivity contribution is -0.384. The Morgan fingerprint density at radius 1 is 1.31 bits per heavy atom. The molecule has 0 radical (unpaired) electrons. The molecular weight excluding hydrogens is 342 g/mol. The standard InChI is InChI=1S/C17H15N3O6/c1-2-25-17(22)15-18-19(11-7-9-12(10-8-11)20(23)24)16(26-15)13-5-3-4-6-14(13)21/h3-10,16,21H,2H2,1H3. The van der Waals surface area contributed by atoms with E-state index in [9.17, 15) is 20.0 Å². The van der Waals surface area contributed by atoms with Crippen molar-refractivity contribution in [3.05, 3.63) is 64.2 Å². The van der Waals surface area contributed by atoms with Gasteiger partial charge in [-0.05, 0) is 31.2 Å². The second-order valence-corrected chi connectivity index (χ2v) is 5.27. The zero-order valence-corrected chi connectivity index (χ0v) is 13.7. The smallest absolute Gasteiger partial charge is 0.395 e. The number of benzene rings is 2. The Morgan fingerprint density at radius 2 is 2.00 bits per heavy atom. The van der Waals surface area contributed by atoms with Crippen LogP contribution in [0.1, 0.15) is 18.7 Å². The molecule has 0 saturated carbocycles. The van der Waals surface area contributed by atoms with Gasteiger partial charge in [-0.2, -0.15) is 0 Å². The predicted molar refractivity (Wildman–Crippen MR) is 91.6 cm³/mol. The van der Waals surface area contributed by atoms with Gasteiger partial charge in [0.05, 0.1) is 22.8 Å². The molecule has 1 aliphatic rings. The minimum absolute atomic E-state index is 0.0373. The zero-order chi connectivity index (χ0) is 18.7. The van der Waals surface area contributed by atoms with Gasteiger partial charge in [-0.1, -0.05) is 12.1 Å². The predicted octanol–water partition coefficient (Wildman–Crippen LogP) is 2.71. The Bertz CT molecular complexity index is 865. The van der Waals surface area contributed by atoms with Crippen molar-refractivity contribution in [2.24, 2.45) is 5.10 Å². The third kappa shape index (κ3) is 3.27. The van der Waals surface area contributed by atoms with Crippen molar-refractivity contribution in [2.75, 3.05) is 11.6 Å². The molecule has 0 bridgehead atoms. The quantitative estimate of drug-likeness (QED) is 0.497. The van der Waals surface area contributed by atoms with Crippen molar-refractivity contribution in [3.8, 4) is 5.75 Å². The number of hydrogen-bond acceptors (Lipinski definition) is 8. The number of hydrazone groups is 1. The molecule has 0 spiro atoms. The second kappa shape index (κ2) is 7.09. The number of nitro benzene ring substituents is 1. The molecule has 1 N–H and O–H groups in total. The van der Waals surface area contributed by atoms with Gasteiger partial charge < -0.3 is 14.6 Å². The van der Waals surface area contributed by atoms with E-state index in [4.69, 9.17) is 9.47 Å². The highest BCUT2D eigenvalue weighted by atomic mass is 16.6. The summed E-state index contributed by atoms with van der Waals surface area (Å²) >= 11 is 0. The number of anilines is 1. The monoisotopic (exact) mass is 357 g/mol. The number of phenolic OH excluding ortho intramolecular Hbond substituents is 1. The lowest BCUT2D eigenvalue weighted by Gasteiger charge is -2.22. The molecule has 2 aromatic rings. The number of carbonyl (C=O) groups excluding carboxylic acids is 1. The van der Waals surface area contributed by atoms with E-state index in [1.807, 2.05) is 0 Å². The number of hydrogen-bond donors (Lipinski definition) is 1. The summed E-state index contributed by atoms with van der Waals surface area (Å²) < 4.78 is 10.5. The van der Waals surface area contributed by atoms with Crippen LogP contribution in [0.25, 0.3) is 0 Å². The van der Waals surface area contributed by atoms with Crippen LogP contribution in [0.15, 0.2) is 53.6 Å². The summed E-state index contributed by atoms with van der Waals surface area (Å²) in [6.45, 7) is 1.81. The molecule has 0 aliphatic carbocycles. The number of carbonyl (C=O) groups is 1. The number of nitrogens with zero attached hydrogens (tertiary/aromatic N) is 3. The number of nitro groups is 1. The molecule has 1 heterocycles. The highest BCUT2D eigenvalue weighted by Crippen LogP contribution is 2.37. The third-order valence-electron chi connectivity index (χ3n) is 3.62. The van der Waals surface area contributed by atoms with Crippen LogP contribution in [0.4, 0.5) is 11.4 Å². The molecule has 3 rings (SSSR count).